The number of halogens is 1. The topological polar surface area (TPSA) is 54.0 Å². The predicted octanol–water partition coefficient (Wildman–Crippen LogP) is 3.09. The van der Waals surface area contributed by atoms with Crippen molar-refractivity contribution < 1.29 is 4.79 Å². The summed E-state index contributed by atoms with van der Waals surface area (Å²) in [5, 5.41) is 8.17. The van der Waals surface area contributed by atoms with Crippen LogP contribution >= 0.6 is 22.9 Å². The van der Waals surface area contributed by atoms with E-state index >= 15 is 0 Å². The number of benzene rings is 1. The molecule has 3 heterocycles. The number of fused-ring (bicyclic) bond motifs is 2. The van der Waals surface area contributed by atoms with Crippen molar-refractivity contribution in [1.82, 2.24) is 15.6 Å². The maximum atomic E-state index is 12.4. The fourth-order valence-corrected chi connectivity index (χ4v) is 4.36. The molecule has 6 heteroatoms. The molecule has 2 fully saturated rings. The van der Waals surface area contributed by atoms with Crippen LogP contribution in [0, 0.1) is 0 Å². The summed E-state index contributed by atoms with van der Waals surface area (Å²) in [5.41, 5.74) is 0.943. The Morgan fingerprint density at radius 3 is 3.05 bits per heavy atom. The number of carbonyl (C=O) groups is 1. The van der Waals surface area contributed by atoms with Gasteiger partial charge in [0, 0.05) is 28.7 Å². The fourth-order valence-electron chi connectivity index (χ4n) is 3.36. The lowest BCUT2D eigenvalue weighted by molar-refractivity contribution is 0.0935. The minimum atomic E-state index is -0.0230. The van der Waals surface area contributed by atoms with Crippen LogP contribution in [0.3, 0.4) is 0 Å². The molecule has 4 nitrogen and oxygen atoms in total. The van der Waals surface area contributed by atoms with Gasteiger partial charge in [0.25, 0.3) is 5.91 Å². The highest BCUT2D eigenvalue weighted by atomic mass is 35.5. The van der Waals surface area contributed by atoms with E-state index in [0.717, 1.165) is 23.4 Å². The zero-order valence-corrected chi connectivity index (χ0v) is 13.5. The Kier molecular flexibility index (Phi) is 3.64. The summed E-state index contributed by atoms with van der Waals surface area (Å²) in [5.74, 6) is -0.0230. The van der Waals surface area contributed by atoms with Crippen LogP contribution in [0.2, 0.25) is 5.02 Å². The number of hydrogen-bond donors (Lipinski definition) is 2. The average Bonchev–Trinajstić information content (AvgIpc) is 3.23. The van der Waals surface area contributed by atoms with Gasteiger partial charge in [-0.3, -0.25) is 4.79 Å². The molecule has 1 amide bonds. The molecule has 0 radical (unpaired) electrons. The van der Waals surface area contributed by atoms with Gasteiger partial charge in [-0.2, -0.15) is 0 Å². The maximum Gasteiger partial charge on any atom is 0.263 e. The van der Waals surface area contributed by atoms with Crippen LogP contribution < -0.4 is 10.6 Å². The SMILES string of the molecule is O=C(NC1CC2CCC1N2)c1cnc(-c2cccc(Cl)c2)s1. The van der Waals surface area contributed by atoms with Gasteiger partial charge in [-0.15, -0.1) is 11.3 Å². The number of nitrogens with zero attached hydrogens (tertiary/aromatic N) is 1. The van der Waals surface area contributed by atoms with Gasteiger partial charge in [0.2, 0.25) is 0 Å². The maximum absolute atomic E-state index is 12.4. The van der Waals surface area contributed by atoms with Crippen molar-refractivity contribution in [2.75, 3.05) is 0 Å². The summed E-state index contributed by atoms with van der Waals surface area (Å²) < 4.78 is 0. The normalized spacial score (nSPS) is 26.3. The zero-order valence-electron chi connectivity index (χ0n) is 11.9. The van der Waals surface area contributed by atoms with Crippen molar-refractivity contribution in [3.63, 3.8) is 0 Å². The molecule has 1 aromatic heterocycles. The van der Waals surface area contributed by atoms with Crippen LogP contribution in [0.1, 0.15) is 28.9 Å². The molecule has 3 atom stereocenters. The van der Waals surface area contributed by atoms with Crippen molar-refractivity contribution in [2.45, 2.75) is 37.4 Å². The second-order valence-electron chi connectivity index (χ2n) is 5.90. The smallest absolute Gasteiger partial charge is 0.263 e. The Labute approximate surface area is 137 Å². The van der Waals surface area contributed by atoms with Gasteiger partial charge >= 0.3 is 0 Å². The molecule has 114 valence electrons. The molecule has 0 spiro atoms. The van der Waals surface area contributed by atoms with Gasteiger partial charge in [-0.05, 0) is 31.4 Å². The van der Waals surface area contributed by atoms with E-state index in [9.17, 15) is 4.79 Å². The molecule has 2 aromatic rings. The first-order chi connectivity index (χ1) is 10.7. The quantitative estimate of drug-likeness (QED) is 0.907. The van der Waals surface area contributed by atoms with E-state index in [1.807, 2.05) is 24.3 Å². The average molecular weight is 334 g/mol. The van der Waals surface area contributed by atoms with Gasteiger partial charge in [0.1, 0.15) is 9.88 Å². The summed E-state index contributed by atoms with van der Waals surface area (Å²) >= 11 is 7.41. The summed E-state index contributed by atoms with van der Waals surface area (Å²) in [6.45, 7) is 0. The van der Waals surface area contributed by atoms with Crippen molar-refractivity contribution in [1.29, 1.82) is 0 Å². The Bertz CT molecular complexity index is 717. The first-order valence-electron chi connectivity index (χ1n) is 7.48. The minimum Gasteiger partial charge on any atom is -0.347 e. The predicted molar refractivity (Wildman–Crippen MR) is 88.4 cm³/mol. The number of thiazole rings is 1. The molecule has 2 aliphatic heterocycles. The van der Waals surface area contributed by atoms with Crippen molar-refractivity contribution in [3.8, 4) is 10.6 Å². The number of aromatic nitrogens is 1. The van der Waals surface area contributed by atoms with Crippen molar-refractivity contribution >= 4 is 28.8 Å². The number of hydrogen-bond acceptors (Lipinski definition) is 4. The van der Waals surface area contributed by atoms with Crippen molar-refractivity contribution in [3.05, 3.63) is 40.4 Å². The Morgan fingerprint density at radius 2 is 2.32 bits per heavy atom. The third kappa shape index (κ3) is 2.64. The van der Waals surface area contributed by atoms with E-state index in [4.69, 9.17) is 11.6 Å². The second kappa shape index (κ2) is 5.65. The van der Waals surface area contributed by atoms with E-state index in [1.165, 1.54) is 17.8 Å². The Hall–Kier alpha value is -1.43. The second-order valence-corrected chi connectivity index (χ2v) is 7.37. The van der Waals surface area contributed by atoms with E-state index in [-0.39, 0.29) is 11.9 Å². The molecule has 22 heavy (non-hydrogen) atoms. The van der Waals surface area contributed by atoms with Crippen LogP contribution in [0.4, 0.5) is 0 Å². The molecule has 3 unspecified atom stereocenters. The van der Waals surface area contributed by atoms with Gasteiger partial charge < -0.3 is 10.6 Å². The van der Waals surface area contributed by atoms with Crippen molar-refractivity contribution in [2.24, 2.45) is 0 Å². The summed E-state index contributed by atoms with van der Waals surface area (Å²) in [6.07, 6.45) is 5.08. The van der Waals surface area contributed by atoms with E-state index in [2.05, 4.69) is 15.6 Å². The molecule has 2 saturated heterocycles. The van der Waals surface area contributed by atoms with Gasteiger partial charge in [0.05, 0.1) is 6.20 Å². The fraction of sp³-hybridized carbons (Fsp3) is 0.375. The summed E-state index contributed by atoms with van der Waals surface area (Å²) in [6, 6.07) is 8.80. The Balaban J connectivity index is 1.48. The molecule has 1 aromatic carbocycles. The lowest BCUT2D eigenvalue weighted by atomic mass is 9.95. The summed E-state index contributed by atoms with van der Waals surface area (Å²) in [4.78, 5) is 17.4. The van der Waals surface area contributed by atoms with Crippen LogP contribution in [0.15, 0.2) is 30.5 Å². The monoisotopic (exact) mass is 333 g/mol. The molecular weight excluding hydrogens is 318 g/mol. The molecule has 2 aliphatic rings. The van der Waals surface area contributed by atoms with Gasteiger partial charge in [-0.25, -0.2) is 4.98 Å². The lowest BCUT2D eigenvalue weighted by Crippen LogP contribution is -2.42. The number of amides is 1. The molecule has 2 bridgehead atoms. The third-order valence-corrected chi connectivity index (χ3v) is 5.70. The molecule has 0 aliphatic carbocycles. The highest BCUT2D eigenvalue weighted by molar-refractivity contribution is 7.16. The lowest BCUT2D eigenvalue weighted by Gasteiger charge is -2.20. The standard InChI is InChI=1S/C16H16ClN3OS/c17-10-3-1-2-9(6-10)16-18-8-14(22-16)15(21)20-13-7-11-4-5-12(13)19-11/h1-3,6,8,11-13,19H,4-5,7H2,(H,20,21). The van der Waals surface area contributed by atoms with Gasteiger partial charge in [0.15, 0.2) is 0 Å². The van der Waals surface area contributed by atoms with E-state index in [0.29, 0.717) is 22.0 Å². The molecule has 2 N–H and O–H groups in total. The molecule has 0 saturated carbocycles. The van der Waals surface area contributed by atoms with Crippen LogP contribution in [-0.4, -0.2) is 29.0 Å². The minimum absolute atomic E-state index is 0.0230. The number of rotatable bonds is 3. The van der Waals surface area contributed by atoms with Gasteiger partial charge in [-0.1, -0.05) is 23.7 Å². The van der Waals surface area contributed by atoms with Crippen LogP contribution in [-0.2, 0) is 0 Å². The first kappa shape index (κ1) is 14.2. The number of carbonyl (C=O) groups excluding carboxylic acids is 1. The zero-order chi connectivity index (χ0) is 15.1. The van der Waals surface area contributed by atoms with Crippen LogP contribution in [0.25, 0.3) is 10.6 Å². The van der Waals surface area contributed by atoms with Crippen LogP contribution in [0.5, 0.6) is 0 Å². The first-order valence-corrected chi connectivity index (χ1v) is 8.67. The molecule has 4 rings (SSSR count). The Morgan fingerprint density at radius 1 is 1.41 bits per heavy atom. The molecular formula is C16H16ClN3OS. The van der Waals surface area contributed by atoms with E-state index < -0.39 is 0 Å². The third-order valence-electron chi connectivity index (χ3n) is 4.42. The van der Waals surface area contributed by atoms with E-state index in [1.54, 1.807) is 6.20 Å². The highest BCUT2D eigenvalue weighted by Crippen LogP contribution is 2.30. The largest absolute Gasteiger partial charge is 0.347 e. The summed E-state index contributed by atoms with van der Waals surface area (Å²) in [7, 11) is 0. The highest BCUT2D eigenvalue weighted by Gasteiger charge is 2.39. The number of nitrogens with one attached hydrogen (secondary N) is 2.